The van der Waals surface area contributed by atoms with Crippen molar-refractivity contribution in [1.29, 1.82) is 0 Å². The summed E-state index contributed by atoms with van der Waals surface area (Å²) in [5.41, 5.74) is 10.3. The second-order valence-electron chi connectivity index (χ2n) is 31.1. The van der Waals surface area contributed by atoms with Gasteiger partial charge in [0.05, 0.1) is 77.1 Å². The average molecular weight is 1840 g/mol. The zero-order valence-corrected chi connectivity index (χ0v) is 76.8. The molecule has 4 amide bonds. The molecule has 29 heteroatoms. The fourth-order valence-corrected chi connectivity index (χ4v) is 16.5. The van der Waals surface area contributed by atoms with Gasteiger partial charge in [-0.3, -0.25) is 24.0 Å². The van der Waals surface area contributed by atoms with Gasteiger partial charge in [0, 0.05) is 141 Å². The van der Waals surface area contributed by atoms with E-state index in [0.29, 0.717) is 139 Å². The summed E-state index contributed by atoms with van der Waals surface area (Å²) in [6.45, 7) is 11.8. The Bertz CT molecular complexity index is 5440. The molecule has 0 aromatic heterocycles. The van der Waals surface area contributed by atoms with Gasteiger partial charge in [0.15, 0.2) is 6.29 Å². The van der Waals surface area contributed by atoms with Gasteiger partial charge in [-0.05, 0) is 155 Å². The minimum absolute atomic E-state index is 0.00120. The van der Waals surface area contributed by atoms with E-state index in [9.17, 15) is 43.2 Å². The average Bonchev–Trinajstić information content (AvgIpc) is 1.70. The number of esters is 5. The molecule has 680 valence electrons. The van der Waals surface area contributed by atoms with Crippen LogP contribution < -0.4 is 18.9 Å². The zero-order chi connectivity index (χ0) is 92.4. The molecule has 129 heavy (non-hydrogen) atoms. The van der Waals surface area contributed by atoms with E-state index in [-0.39, 0.29) is 101 Å². The summed E-state index contributed by atoms with van der Waals surface area (Å²) >= 11 is 24.2. The van der Waals surface area contributed by atoms with Crippen molar-refractivity contribution in [3.63, 3.8) is 0 Å². The fourth-order valence-electron chi connectivity index (χ4n) is 16.0. The highest BCUT2D eigenvalue weighted by atomic mass is 35.5. The van der Waals surface area contributed by atoms with Gasteiger partial charge >= 0.3 is 29.8 Å². The predicted molar refractivity (Wildman–Crippen MR) is 486 cm³/mol. The number of nitrogens with zero attached hydrogens (tertiary/aromatic N) is 4. The third-order valence-electron chi connectivity index (χ3n) is 22.9. The number of benzene rings is 8. The van der Waals surface area contributed by atoms with Crippen LogP contribution in [0.4, 0.5) is 0 Å². The number of amides is 4. The summed E-state index contributed by atoms with van der Waals surface area (Å²) in [5.74, 6) is -1.44. The molecule has 0 N–H and O–H groups in total. The van der Waals surface area contributed by atoms with E-state index in [1.165, 1.54) is 4.90 Å². The SMILES string of the molecule is CCOC(=O)CN1C(=O)CC(c2ccc(Cl)cc2)C(C(=O)OCc2ccccc2OC)=C1C.COCCCN1C(=O)CC(c2ccc(Cl)cc2)C(C(=O)OCc2ccccc2OC)=C1C.COc1ccccc1COC(=O)C1=C(C)N(CC2CC2)C(=O)CC1c1ccc(Cl)cc1.COc1ccccc1COC(=O)C1=C(C)N(CC2OCCO2)C(=O)CC1c1ccc(Cl)cc1. The van der Waals surface area contributed by atoms with E-state index in [0.717, 1.165) is 51.8 Å². The monoisotopic (exact) mass is 1840 g/mol. The van der Waals surface area contributed by atoms with Crippen LogP contribution in [0.5, 0.6) is 23.0 Å². The number of hydrogen-bond donors (Lipinski definition) is 0. The first kappa shape index (κ1) is 97.8. The van der Waals surface area contributed by atoms with E-state index in [4.69, 9.17) is 103 Å². The Balaban J connectivity index is 0.000000166. The smallest absolute Gasteiger partial charge is 0.336 e. The number of carbonyl (C=O) groups excluding carboxylic acids is 9. The lowest BCUT2D eigenvalue weighted by Crippen LogP contribution is -2.42. The molecule has 0 radical (unpaired) electrons. The Labute approximate surface area is 771 Å². The van der Waals surface area contributed by atoms with Crippen LogP contribution >= 0.6 is 46.4 Å². The predicted octanol–water partition coefficient (Wildman–Crippen LogP) is 18.1. The largest absolute Gasteiger partial charge is 0.496 e. The van der Waals surface area contributed by atoms with E-state index >= 15 is 0 Å². The number of ether oxygens (including phenoxy) is 12. The van der Waals surface area contributed by atoms with Crippen LogP contribution in [-0.2, 0) is 107 Å². The molecule has 4 unspecified atom stereocenters. The van der Waals surface area contributed by atoms with Crippen molar-refractivity contribution in [1.82, 2.24) is 19.6 Å². The van der Waals surface area contributed by atoms with Crippen LogP contribution in [0.2, 0.25) is 20.1 Å². The van der Waals surface area contributed by atoms with E-state index in [2.05, 4.69) is 0 Å². The summed E-state index contributed by atoms with van der Waals surface area (Å²) in [6.07, 6.45) is 2.99. The Morgan fingerprint density at radius 1 is 0.364 bits per heavy atom. The lowest BCUT2D eigenvalue weighted by atomic mass is 9.83. The third-order valence-corrected chi connectivity index (χ3v) is 24.0. The van der Waals surface area contributed by atoms with Crippen molar-refractivity contribution in [3.8, 4) is 23.0 Å². The molecule has 25 nitrogen and oxygen atoms in total. The van der Waals surface area contributed by atoms with Crippen molar-refractivity contribution >= 4 is 99.9 Å². The number of halogens is 4. The number of para-hydroxylation sites is 4. The Morgan fingerprint density at radius 2 is 0.643 bits per heavy atom. The summed E-state index contributed by atoms with van der Waals surface area (Å²) in [4.78, 5) is 123. The molecule has 5 aliphatic heterocycles. The highest BCUT2D eigenvalue weighted by Gasteiger charge is 2.43. The van der Waals surface area contributed by atoms with Gasteiger partial charge in [0.25, 0.3) is 0 Å². The highest BCUT2D eigenvalue weighted by Crippen LogP contribution is 2.44. The maximum atomic E-state index is 13.4. The molecule has 4 atom stereocenters. The van der Waals surface area contributed by atoms with E-state index < -0.39 is 53.9 Å². The maximum Gasteiger partial charge on any atom is 0.336 e. The van der Waals surface area contributed by atoms with Crippen LogP contribution in [-0.4, -0.2) is 168 Å². The topological polar surface area (TPSA) is 277 Å². The van der Waals surface area contributed by atoms with Gasteiger partial charge < -0.3 is 76.4 Å². The molecule has 0 spiro atoms. The second-order valence-corrected chi connectivity index (χ2v) is 32.8. The first-order chi connectivity index (χ1) is 62.3. The van der Waals surface area contributed by atoms with Crippen molar-refractivity contribution in [3.05, 3.63) is 304 Å². The first-order valence-corrected chi connectivity index (χ1v) is 43.9. The lowest BCUT2D eigenvalue weighted by Gasteiger charge is -2.35. The molecule has 0 bridgehead atoms. The van der Waals surface area contributed by atoms with Gasteiger partial charge in [-0.1, -0.05) is 168 Å². The van der Waals surface area contributed by atoms with E-state index in [1.54, 1.807) is 145 Å². The minimum atomic E-state index is -0.570. The van der Waals surface area contributed by atoms with Crippen LogP contribution in [0.25, 0.3) is 0 Å². The quantitative estimate of drug-likeness (QED) is 0.0222. The van der Waals surface area contributed by atoms with Crippen LogP contribution in [0, 0.1) is 5.92 Å². The Morgan fingerprint density at radius 3 is 0.938 bits per heavy atom. The first-order valence-electron chi connectivity index (χ1n) is 42.4. The summed E-state index contributed by atoms with van der Waals surface area (Å²) in [5, 5.41) is 2.34. The molecule has 5 heterocycles. The van der Waals surface area contributed by atoms with Gasteiger partial charge in [-0.2, -0.15) is 0 Å². The van der Waals surface area contributed by atoms with Gasteiger partial charge in [-0.25, -0.2) is 19.2 Å². The van der Waals surface area contributed by atoms with Crippen molar-refractivity contribution in [2.45, 2.75) is 136 Å². The molecule has 1 saturated carbocycles. The van der Waals surface area contributed by atoms with Crippen LogP contribution in [0.3, 0.4) is 0 Å². The summed E-state index contributed by atoms with van der Waals surface area (Å²) in [7, 11) is 7.91. The lowest BCUT2D eigenvalue weighted by molar-refractivity contribution is -0.149. The molecule has 1 aliphatic carbocycles. The summed E-state index contributed by atoms with van der Waals surface area (Å²) in [6, 6.07) is 58.1. The molecule has 1 saturated heterocycles. The van der Waals surface area contributed by atoms with Crippen molar-refractivity contribution in [2.75, 3.05) is 88.2 Å². The van der Waals surface area contributed by atoms with Gasteiger partial charge in [-0.15, -0.1) is 0 Å². The van der Waals surface area contributed by atoms with Crippen LogP contribution in [0.15, 0.2) is 239 Å². The molecule has 8 aromatic carbocycles. The number of methoxy groups -OCH3 is 5. The Hall–Kier alpha value is -11.8. The van der Waals surface area contributed by atoms with Gasteiger partial charge in [0.1, 0.15) is 56.0 Å². The standard InChI is InChI=1S/2C25H26ClNO6.C25H28ClNO5.C25H26ClNO4/c1-16-24(25(29)33-15-18-5-3-4-6-21(18)30-2)20(17-7-9-19(26)10-8-17)13-22(28)27(16)14-23-31-11-12-32-23;1-4-32-23(29)14-27-16(2)24(20(13-22(27)28)17-9-11-19(26)12-10-17)25(30)33-15-18-7-5-6-8-21(18)31-3;1-17-24(25(29)32-16-19-7-4-5-8-22(19)31-3)21(18-9-11-20(26)12-10-18)15-23(28)27(17)13-6-14-30-2;1-16-24(25(29)31-15-19-5-3-4-6-22(19)30-2)21(18-9-11-20(26)12-10-18)13-23(28)27(16)14-17-7-8-17/h3-10,20,23H,11-15H2,1-2H3;5-12,20H,4,13-15H2,1-3H3;4-5,7-12,21H,6,13-16H2,1-3H3;3-6,9-12,17,21H,7-8,13-15H2,1-2H3. The highest BCUT2D eigenvalue weighted by molar-refractivity contribution is 6.31. The Kier molecular flexibility index (Phi) is 36.0. The van der Waals surface area contributed by atoms with E-state index in [1.807, 2.05) is 134 Å². The minimum Gasteiger partial charge on any atom is -0.496 e. The van der Waals surface area contributed by atoms with Crippen molar-refractivity contribution in [2.24, 2.45) is 5.92 Å². The molecule has 2 fully saturated rings. The molecule has 14 rings (SSSR count). The van der Waals surface area contributed by atoms with Crippen LogP contribution in [0.1, 0.15) is 148 Å². The second kappa shape index (κ2) is 47.5. The number of carbonyl (C=O) groups is 9. The molecule has 6 aliphatic rings. The normalized spacial score (nSPS) is 17.6. The van der Waals surface area contributed by atoms with Crippen molar-refractivity contribution < 1.29 is 100.0 Å². The number of allylic oxidation sites excluding steroid dienone is 4. The third kappa shape index (κ3) is 25.8. The maximum absolute atomic E-state index is 13.4. The zero-order valence-electron chi connectivity index (χ0n) is 73.7. The van der Waals surface area contributed by atoms with Gasteiger partial charge in [0.2, 0.25) is 23.6 Å². The number of rotatable bonds is 31. The fraction of sp³-hybridized carbons (Fsp3) is 0.350. The number of hydrogen-bond acceptors (Lipinski definition) is 21. The molecular weight excluding hydrogens is 1730 g/mol. The summed E-state index contributed by atoms with van der Waals surface area (Å²) < 4.78 is 65.3. The molecular formula is C100H106Cl4N4O21. The molecule has 8 aromatic rings.